The second kappa shape index (κ2) is 7.08. The molecule has 0 aliphatic heterocycles. The van der Waals surface area contributed by atoms with E-state index in [-0.39, 0.29) is 18.1 Å². The third kappa shape index (κ3) is 3.68. The fourth-order valence-electron chi connectivity index (χ4n) is 2.49. The zero-order valence-electron chi connectivity index (χ0n) is 14.0. The summed E-state index contributed by atoms with van der Waals surface area (Å²) in [5.41, 5.74) is 3.52. The topological polar surface area (TPSA) is 94.4 Å². The quantitative estimate of drug-likeness (QED) is 0.672. The number of ether oxygens (including phenoxy) is 1. The highest BCUT2D eigenvalue weighted by Gasteiger charge is 2.15. The van der Waals surface area contributed by atoms with Crippen LogP contribution in [0.1, 0.15) is 32.7 Å². The second-order valence-corrected chi connectivity index (χ2v) is 5.51. The number of carbonyl (C=O) groups is 1. The number of nitrogens with one attached hydrogen (secondary N) is 1. The van der Waals surface area contributed by atoms with Crippen LogP contribution in [0.5, 0.6) is 5.88 Å². The van der Waals surface area contributed by atoms with Crippen LogP contribution in [0.4, 0.5) is 5.69 Å². The molecule has 126 valence electrons. The van der Waals surface area contributed by atoms with Crippen molar-refractivity contribution in [1.29, 1.82) is 0 Å². The van der Waals surface area contributed by atoms with Gasteiger partial charge in [-0.2, -0.15) is 0 Å². The molecule has 7 heteroatoms. The fourth-order valence-corrected chi connectivity index (χ4v) is 2.49. The lowest BCUT2D eigenvalue weighted by molar-refractivity contribution is -0.384. The van der Waals surface area contributed by atoms with Crippen molar-refractivity contribution < 1.29 is 14.5 Å². The average molecular weight is 329 g/mol. The molecule has 1 amide bonds. The Kier molecular flexibility index (Phi) is 5.13. The number of carbonyl (C=O) groups excluding carboxylic acids is 1. The third-order valence-electron chi connectivity index (χ3n) is 3.72. The number of hydrogen-bond acceptors (Lipinski definition) is 5. The highest BCUT2D eigenvalue weighted by molar-refractivity contribution is 5.95. The van der Waals surface area contributed by atoms with Crippen molar-refractivity contribution in [3.05, 3.63) is 62.3 Å². The highest BCUT2D eigenvalue weighted by Crippen LogP contribution is 2.21. The second-order valence-electron chi connectivity index (χ2n) is 5.51. The van der Waals surface area contributed by atoms with Crippen LogP contribution in [0.15, 0.2) is 24.3 Å². The number of nitro groups is 1. The van der Waals surface area contributed by atoms with Gasteiger partial charge in [-0.3, -0.25) is 14.9 Å². The van der Waals surface area contributed by atoms with E-state index < -0.39 is 4.92 Å². The van der Waals surface area contributed by atoms with Crippen molar-refractivity contribution in [1.82, 2.24) is 10.3 Å². The summed E-state index contributed by atoms with van der Waals surface area (Å²) in [5.74, 6) is 0.178. The minimum Gasteiger partial charge on any atom is -0.481 e. The maximum atomic E-state index is 12.4. The van der Waals surface area contributed by atoms with Crippen LogP contribution >= 0.6 is 0 Å². The van der Waals surface area contributed by atoms with Gasteiger partial charge in [0.15, 0.2) is 0 Å². The maximum absolute atomic E-state index is 12.4. The van der Waals surface area contributed by atoms with E-state index in [0.717, 1.165) is 16.8 Å². The average Bonchev–Trinajstić information content (AvgIpc) is 2.52. The van der Waals surface area contributed by atoms with Crippen LogP contribution < -0.4 is 10.1 Å². The van der Waals surface area contributed by atoms with E-state index in [4.69, 9.17) is 4.74 Å². The summed E-state index contributed by atoms with van der Waals surface area (Å²) in [4.78, 5) is 26.9. The van der Waals surface area contributed by atoms with Crippen molar-refractivity contribution in [3.8, 4) is 5.88 Å². The van der Waals surface area contributed by atoms with Gasteiger partial charge in [-0.25, -0.2) is 4.98 Å². The van der Waals surface area contributed by atoms with Crippen LogP contribution in [0.2, 0.25) is 0 Å². The Balaban J connectivity index is 2.19. The van der Waals surface area contributed by atoms with Crippen LogP contribution in [0, 0.1) is 30.9 Å². The standard InChI is InChI=1S/C17H19N3O4/c1-10-7-12(3)19-17(24-4)15(10)9-18-16(21)14-6-5-13(20(22)23)8-11(14)2/h5-8H,9H2,1-4H3,(H,18,21). The number of pyridine rings is 1. The molecule has 1 N–H and O–H groups in total. The smallest absolute Gasteiger partial charge is 0.269 e. The van der Waals surface area contributed by atoms with Crippen molar-refractivity contribution in [2.24, 2.45) is 0 Å². The van der Waals surface area contributed by atoms with E-state index >= 15 is 0 Å². The van der Waals surface area contributed by atoms with Crippen LogP contribution in [-0.4, -0.2) is 22.9 Å². The van der Waals surface area contributed by atoms with Gasteiger partial charge in [0.2, 0.25) is 5.88 Å². The molecule has 0 saturated heterocycles. The summed E-state index contributed by atoms with van der Waals surface area (Å²) in [5, 5.41) is 13.6. The molecule has 0 aliphatic carbocycles. The Labute approximate surface area is 139 Å². The molecule has 2 rings (SSSR count). The predicted octanol–water partition coefficient (Wildman–Crippen LogP) is 2.85. The molecule has 0 bridgehead atoms. The molecule has 1 aromatic heterocycles. The van der Waals surface area contributed by atoms with Crippen LogP contribution in [-0.2, 0) is 6.54 Å². The Hall–Kier alpha value is -2.96. The van der Waals surface area contributed by atoms with Gasteiger partial charge < -0.3 is 10.1 Å². The summed E-state index contributed by atoms with van der Waals surface area (Å²) in [6, 6.07) is 6.08. The first-order valence-electron chi connectivity index (χ1n) is 7.37. The number of rotatable bonds is 5. The van der Waals surface area contributed by atoms with E-state index in [1.807, 2.05) is 19.9 Å². The maximum Gasteiger partial charge on any atom is 0.269 e. The molecule has 0 saturated carbocycles. The monoisotopic (exact) mass is 329 g/mol. The normalized spacial score (nSPS) is 10.3. The fraction of sp³-hybridized carbons (Fsp3) is 0.294. The number of benzene rings is 1. The first-order valence-corrected chi connectivity index (χ1v) is 7.37. The minimum atomic E-state index is -0.485. The van der Waals surface area contributed by atoms with Gasteiger partial charge in [-0.1, -0.05) is 0 Å². The van der Waals surface area contributed by atoms with Gasteiger partial charge in [0, 0.05) is 35.5 Å². The molecule has 24 heavy (non-hydrogen) atoms. The largest absolute Gasteiger partial charge is 0.481 e. The van der Waals surface area contributed by atoms with Gasteiger partial charge in [-0.05, 0) is 44.0 Å². The Bertz CT molecular complexity index is 803. The van der Waals surface area contributed by atoms with E-state index in [1.54, 1.807) is 6.92 Å². The lowest BCUT2D eigenvalue weighted by Crippen LogP contribution is -2.24. The first-order chi connectivity index (χ1) is 11.3. The van der Waals surface area contributed by atoms with E-state index in [1.165, 1.54) is 25.3 Å². The molecule has 1 aromatic carbocycles. The molecule has 0 aliphatic rings. The summed E-state index contributed by atoms with van der Waals surface area (Å²) >= 11 is 0. The molecule has 0 atom stereocenters. The van der Waals surface area contributed by atoms with Gasteiger partial charge in [0.1, 0.15) is 0 Å². The van der Waals surface area contributed by atoms with Crippen molar-refractivity contribution >= 4 is 11.6 Å². The molecule has 7 nitrogen and oxygen atoms in total. The van der Waals surface area contributed by atoms with E-state index in [2.05, 4.69) is 10.3 Å². The summed E-state index contributed by atoms with van der Waals surface area (Å²) in [6.07, 6.45) is 0. The van der Waals surface area contributed by atoms with Crippen molar-refractivity contribution in [2.45, 2.75) is 27.3 Å². The molecule has 0 spiro atoms. The molecule has 0 unspecified atom stereocenters. The van der Waals surface area contributed by atoms with Crippen molar-refractivity contribution in [3.63, 3.8) is 0 Å². The Morgan fingerprint density at radius 2 is 1.96 bits per heavy atom. The number of nitro benzene ring substituents is 1. The van der Waals surface area contributed by atoms with Gasteiger partial charge in [0.05, 0.1) is 12.0 Å². The Morgan fingerprint density at radius 1 is 1.25 bits per heavy atom. The van der Waals surface area contributed by atoms with Crippen molar-refractivity contribution in [2.75, 3.05) is 7.11 Å². The number of aromatic nitrogens is 1. The zero-order chi connectivity index (χ0) is 17.9. The SMILES string of the molecule is COc1nc(C)cc(C)c1CNC(=O)c1ccc([N+](=O)[O-])cc1C. The minimum absolute atomic E-state index is 0.0377. The summed E-state index contributed by atoms with van der Waals surface area (Å²) in [6.45, 7) is 5.73. The molecule has 0 radical (unpaired) electrons. The zero-order valence-corrected chi connectivity index (χ0v) is 14.0. The summed E-state index contributed by atoms with van der Waals surface area (Å²) < 4.78 is 5.27. The van der Waals surface area contributed by atoms with E-state index in [0.29, 0.717) is 17.0 Å². The summed E-state index contributed by atoms with van der Waals surface area (Å²) in [7, 11) is 1.53. The number of methoxy groups -OCH3 is 1. The van der Waals surface area contributed by atoms with Gasteiger partial charge >= 0.3 is 0 Å². The van der Waals surface area contributed by atoms with Crippen LogP contribution in [0.3, 0.4) is 0 Å². The van der Waals surface area contributed by atoms with Crippen LogP contribution in [0.25, 0.3) is 0 Å². The number of amides is 1. The lowest BCUT2D eigenvalue weighted by Gasteiger charge is -2.13. The third-order valence-corrected chi connectivity index (χ3v) is 3.72. The molecular weight excluding hydrogens is 310 g/mol. The molecule has 2 aromatic rings. The lowest BCUT2D eigenvalue weighted by atomic mass is 10.1. The van der Waals surface area contributed by atoms with Gasteiger partial charge in [0.25, 0.3) is 11.6 Å². The number of non-ortho nitro benzene ring substituents is 1. The molecule has 0 fully saturated rings. The number of aryl methyl sites for hydroxylation is 3. The predicted molar refractivity (Wildman–Crippen MR) is 89.3 cm³/mol. The Morgan fingerprint density at radius 3 is 2.54 bits per heavy atom. The van der Waals surface area contributed by atoms with E-state index in [9.17, 15) is 14.9 Å². The van der Waals surface area contributed by atoms with Gasteiger partial charge in [-0.15, -0.1) is 0 Å². The molecular formula is C17H19N3O4. The first kappa shape index (κ1) is 17.4. The number of nitrogens with zero attached hydrogens (tertiary/aromatic N) is 2. The number of hydrogen-bond donors (Lipinski definition) is 1. The molecule has 1 heterocycles. The highest BCUT2D eigenvalue weighted by atomic mass is 16.6.